The smallest absolute Gasteiger partial charge is 0.113 e. The van der Waals surface area contributed by atoms with Crippen molar-refractivity contribution in [2.24, 2.45) is 5.11 Å². The summed E-state index contributed by atoms with van der Waals surface area (Å²) in [5, 5.41) is 3.55. The third kappa shape index (κ3) is 3.71. The Bertz CT molecular complexity index is 722. The molecule has 2 rings (SSSR count). The number of hydrogen-bond acceptors (Lipinski definition) is 2. The lowest BCUT2D eigenvalue weighted by atomic mass is 10.2. The first-order chi connectivity index (χ1) is 9.19. The Morgan fingerprint density at radius 1 is 1.26 bits per heavy atom. The molecular formula is C14H9IN4. The highest BCUT2D eigenvalue weighted by molar-refractivity contribution is 14.1. The maximum absolute atomic E-state index is 8.38. The molecule has 0 saturated carbocycles. The summed E-state index contributed by atoms with van der Waals surface area (Å²) in [7, 11) is 0. The maximum atomic E-state index is 8.38. The molecule has 92 valence electrons. The Morgan fingerprint density at radius 3 is 2.79 bits per heavy atom. The Kier molecular flexibility index (Phi) is 4.39. The molecule has 0 bridgehead atoms. The first-order valence-electron chi connectivity index (χ1n) is 5.49. The Morgan fingerprint density at radius 2 is 2.11 bits per heavy atom. The van der Waals surface area contributed by atoms with Crippen LogP contribution >= 0.6 is 22.6 Å². The van der Waals surface area contributed by atoms with Crippen molar-refractivity contribution in [2.75, 3.05) is 0 Å². The minimum absolute atomic E-state index is 0.589. The summed E-state index contributed by atoms with van der Waals surface area (Å²) < 4.78 is 0.947. The third-order valence-electron chi connectivity index (χ3n) is 2.33. The quantitative estimate of drug-likeness (QED) is 0.245. The lowest BCUT2D eigenvalue weighted by molar-refractivity contribution is 1.18. The topological polar surface area (TPSA) is 61.7 Å². The van der Waals surface area contributed by atoms with Crippen LogP contribution in [-0.4, -0.2) is 4.98 Å². The number of aromatic nitrogens is 1. The van der Waals surface area contributed by atoms with Gasteiger partial charge >= 0.3 is 0 Å². The summed E-state index contributed by atoms with van der Waals surface area (Å²) in [5.74, 6) is 6.10. The van der Waals surface area contributed by atoms with E-state index in [4.69, 9.17) is 5.53 Å². The first kappa shape index (κ1) is 13.4. The van der Waals surface area contributed by atoms with E-state index in [-0.39, 0.29) is 0 Å². The lowest BCUT2D eigenvalue weighted by Gasteiger charge is -1.97. The van der Waals surface area contributed by atoms with Gasteiger partial charge in [-0.15, -0.1) is 0 Å². The van der Waals surface area contributed by atoms with Crippen LogP contribution in [0, 0.1) is 22.3 Å². The summed E-state index contributed by atoms with van der Waals surface area (Å²) in [4.78, 5) is 7.08. The SMILES string of the molecule is Cc1cccc(C#Cc2ccc(N=[N+]=[N-])cc2I)n1. The molecule has 0 aliphatic heterocycles. The zero-order valence-corrected chi connectivity index (χ0v) is 12.3. The van der Waals surface area contributed by atoms with Crippen LogP contribution in [0.3, 0.4) is 0 Å². The highest BCUT2D eigenvalue weighted by atomic mass is 127. The molecule has 0 radical (unpaired) electrons. The van der Waals surface area contributed by atoms with Crippen molar-refractivity contribution in [1.82, 2.24) is 4.98 Å². The molecule has 0 spiro atoms. The van der Waals surface area contributed by atoms with Crippen molar-refractivity contribution in [1.29, 1.82) is 0 Å². The van der Waals surface area contributed by atoms with Gasteiger partial charge in [0.05, 0.1) is 0 Å². The molecule has 0 fully saturated rings. The molecule has 0 atom stereocenters. The van der Waals surface area contributed by atoms with Crippen molar-refractivity contribution < 1.29 is 0 Å². The van der Waals surface area contributed by atoms with Crippen molar-refractivity contribution in [3.8, 4) is 11.8 Å². The summed E-state index contributed by atoms with van der Waals surface area (Å²) in [6.45, 7) is 1.93. The van der Waals surface area contributed by atoms with Gasteiger partial charge in [0, 0.05) is 25.4 Å². The van der Waals surface area contributed by atoms with Gasteiger partial charge in [-0.2, -0.15) is 0 Å². The van der Waals surface area contributed by atoms with E-state index < -0.39 is 0 Å². The van der Waals surface area contributed by atoms with E-state index in [9.17, 15) is 0 Å². The number of aryl methyl sites for hydroxylation is 1. The molecule has 1 heterocycles. The van der Waals surface area contributed by atoms with Crippen LogP contribution in [0.2, 0.25) is 0 Å². The average Bonchev–Trinajstić information content (AvgIpc) is 2.38. The molecule has 0 saturated heterocycles. The summed E-state index contributed by atoms with van der Waals surface area (Å²) in [5.41, 5.74) is 11.5. The second-order valence-corrected chi connectivity index (χ2v) is 4.93. The van der Waals surface area contributed by atoms with Crippen LogP contribution in [0.1, 0.15) is 17.0 Å². The zero-order valence-electron chi connectivity index (χ0n) is 10.1. The van der Waals surface area contributed by atoms with E-state index in [1.807, 2.05) is 31.2 Å². The van der Waals surface area contributed by atoms with E-state index in [0.717, 1.165) is 20.5 Å². The van der Waals surface area contributed by atoms with E-state index in [2.05, 4.69) is 49.4 Å². The largest absolute Gasteiger partial charge is 0.245 e. The summed E-state index contributed by atoms with van der Waals surface area (Å²) >= 11 is 2.17. The zero-order chi connectivity index (χ0) is 13.7. The minimum Gasteiger partial charge on any atom is -0.245 e. The molecule has 0 aliphatic carbocycles. The number of nitrogens with zero attached hydrogens (tertiary/aromatic N) is 4. The number of rotatable bonds is 1. The van der Waals surface area contributed by atoms with Gasteiger partial charge in [0.25, 0.3) is 0 Å². The van der Waals surface area contributed by atoms with Gasteiger partial charge in [-0.3, -0.25) is 0 Å². The molecule has 5 heteroatoms. The lowest BCUT2D eigenvalue weighted by Crippen LogP contribution is -1.86. The number of pyridine rings is 1. The Hall–Kier alpha value is -2.03. The van der Waals surface area contributed by atoms with Crippen LogP contribution in [0.15, 0.2) is 41.5 Å². The van der Waals surface area contributed by atoms with E-state index in [1.165, 1.54) is 0 Å². The molecule has 1 aromatic carbocycles. The van der Waals surface area contributed by atoms with E-state index in [0.29, 0.717) is 5.69 Å². The fourth-order valence-electron chi connectivity index (χ4n) is 1.46. The molecule has 0 aliphatic rings. The van der Waals surface area contributed by atoms with Crippen molar-refractivity contribution in [2.45, 2.75) is 6.92 Å². The molecular weight excluding hydrogens is 351 g/mol. The van der Waals surface area contributed by atoms with Gasteiger partial charge in [0.1, 0.15) is 5.69 Å². The molecule has 0 unspecified atom stereocenters. The molecule has 2 aromatic rings. The normalized spacial score (nSPS) is 9.16. The first-order valence-corrected chi connectivity index (χ1v) is 6.57. The van der Waals surface area contributed by atoms with Gasteiger partial charge in [0.15, 0.2) is 0 Å². The third-order valence-corrected chi connectivity index (χ3v) is 3.22. The van der Waals surface area contributed by atoms with E-state index >= 15 is 0 Å². The second kappa shape index (κ2) is 6.23. The summed E-state index contributed by atoms with van der Waals surface area (Å²) in [6.07, 6.45) is 0. The number of azide groups is 1. The van der Waals surface area contributed by atoms with Crippen molar-refractivity contribution in [3.63, 3.8) is 0 Å². The summed E-state index contributed by atoms with van der Waals surface area (Å²) in [6, 6.07) is 11.1. The minimum atomic E-state index is 0.589. The molecule has 19 heavy (non-hydrogen) atoms. The highest BCUT2D eigenvalue weighted by Crippen LogP contribution is 2.19. The Labute approximate surface area is 124 Å². The molecule has 0 N–H and O–H groups in total. The molecule has 1 aromatic heterocycles. The number of benzene rings is 1. The van der Waals surface area contributed by atoms with Crippen LogP contribution in [-0.2, 0) is 0 Å². The van der Waals surface area contributed by atoms with Gasteiger partial charge in [0.2, 0.25) is 0 Å². The Balaban J connectivity index is 2.32. The van der Waals surface area contributed by atoms with Crippen LogP contribution < -0.4 is 0 Å². The second-order valence-electron chi connectivity index (χ2n) is 3.77. The fraction of sp³-hybridized carbons (Fsp3) is 0.0714. The average molecular weight is 360 g/mol. The van der Waals surface area contributed by atoms with Crippen LogP contribution in [0.5, 0.6) is 0 Å². The van der Waals surface area contributed by atoms with Crippen LogP contribution in [0.25, 0.3) is 10.4 Å². The van der Waals surface area contributed by atoms with Crippen molar-refractivity contribution >= 4 is 28.3 Å². The molecule has 4 nitrogen and oxygen atoms in total. The van der Waals surface area contributed by atoms with Gasteiger partial charge in [-0.1, -0.05) is 23.2 Å². The maximum Gasteiger partial charge on any atom is 0.113 e. The van der Waals surface area contributed by atoms with Crippen LogP contribution in [0.4, 0.5) is 5.69 Å². The van der Waals surface area contributed by atoms with Gasteiger partial charge in [-0.05, 0) is 65.2 Å². The predicted molar refractivity (Wildman–Crippen MR) is 82.9 cm³/mol. The van der Waals surface area contributed by atoms with Gasteiger partial charge in [-0.25, -0.2) is 4.98 Å². The highest BCUT2D eigenvalue weighted by Gasteiger charge is 1.97. The standard InChI is InChI=1S/C14H9IN4/c1-10-3-2-4-12(17-10)7-5-11-6-8-13(18-19-16)9-14(11)15/h2-4,6,8-9H,1H3. The monoisotopic (exact) mass is 360 g/mol. The van der Waals surface area contributed by atoms with E-state index in [1.54, 1.807) is 12.1 Å². The number of halogens is 1. The van der Waals surface area contributed by atoms with Gasteiger partial charge < -0.3 is 0 Å². The molecule has 0 amide bonds. The van der Waals surface area contributed by atoms with Crippen molar-refractivity contribution in [3.05, 3.63) is 67.4 Å². The number of hydrogen-bond donors (Lipinski definition) is 0. The fourth-order valence-corrected chi connectivity index (χ4v) is 2.10. The predicted octanol–water partition coefficient (Wildman–Crippen LogP) is 4.34.